The van der Waals surface area contributed by atoms with E-state index < -0.39 is 5.82 Å². The Bertz CT molecular complexity index is 1370. The number of fused-ring (bicyclic) bond motifs is 1. The third-order valence-corrected chi connectivity index (χ3v) is 6.02. The molecule has 0 bridgehead atoms. The number of carbonyl (C=O) groups is 1. The van der Waals surface area contributed by atoms with Crippen LogP contribution in [0.4, 0.5) is 4.39 Å². The van der Waals surface area contributed by atoms with Crippen LogP contribution in [-0.4, -0.2) is 76.0 Å². The molecule has 0 atom stereocenters. The molecule has 34 heavy (non-hydrogen) atoms. The fourth-order valence-electron chi connectivity index (χ4n) is 4.08. The molecule has 172 valence electrons. The summed E-state index contributed by atoms with van der Waals surface area (Å²) >= 11 is 0. The van der Waals surface area contributed by atoms with E-state index in [1.165, 1.54) is 19.5 Å². The number of nitrogens with zero attached hydrogens (tertiary/aromatic N) is 6. The summed E-state index contributed by atoms with van der Waals surface area (Å²) < 4.78 is 19.1. The standard InChI is InChI=1S/C25H23FN6O2/c1-31-5-7-32(8-6-31)25(33)19-9-18(12-27-13-19)23-20-10-16(3-4-22(20)29-15-30-23)17-11-21(26)24(34-2)28-14-17/h3-4,9-15H,5-8H2,1-2H3. The van der Waals surface area contributed by atoms with Crippen LogP contribution < -0.4 is 4.74 Å². The van der Waals surface area contributed by atoms with Gasteiger partial charge < -0.3 is 14.5 Å². The predicted octanol–water partition coefficient (Wildman–Crippen LogP) is 3.29. The fourth-order valence-corrected chi connectivity index (χ4v) is 4.08. The first-order valence-corrected chi connectivity index (χ1v) is 10.9. The maximum atomic E-state index is 14.2. The molecule has 0 saturated carbocycles. The topological polar surface area (TPSA) is 84.3 Å². The van der Waals surface area contributed by atoms with Crippen LogP contribution in [0.25, 0.3) is 33.3 Å². The molecule has 1 fully saturated rings. The second-order valence-electron chi connectivity index (χ2n) is 8.23. The quantitative estimate of drug-likeness (QED) is 0.464. The Labute approximate surface area is 196 Å². The van der Waals surface area contributed by atoms with Crippen LogP contribution in [0.1, 0.15) is 10.4 Å². The van der Waals surface area contributed by atoms with E-state index in [2.05, 4.69) is 31.9 Å². The van der Waals surface area contributed by atoms with Crippen LogP contribution in [0.3, 0.4) is 0 Å². The summed E-state index contributed by atoms with van der Waals surface area (Å²) in [6.45, 7) is 3.07. The number of pyridine rings is 2. The first kappa shape index (κ1) is 21.8. The van der Waals surface area contributed by atoms with E-state index in [9.17, 15) is 9.18 Å². The summed E-state index contributed by atoms with van der Waals surface area (Å²) in [5, 5.41) is 0.766. The highest BCUT2D eigenvalue weighted by Gasteiger charge is 2.21. The number of likely N-dealkylation sites (N-methyl/N-ethyl adjacent to an activating group) is 1. The molecule has 1 amide bonds. The van der Waals surface area contributed by atoms with Crippen molar-refractivity contribution < 1.29 is 13.9 Å². The number of hydrogen-bond donors (Lipinski definition) is 0. The second kappa shape index (κ2) is 9.11. The molecule has 3 aromatic heterocycles. The SMILES string of the molecule is COc1ncc(-c2ccc3ncnc(-c4cncc(C(=O)N5CCN(C)CC5)c4)c3c2)cc1F. The second-order valence-corrected chi connectivity index (χ2v) is 8.23. The van der Waals surface area contributed by atoms with Gasteiger partial charge in [-0.25, -0.2) is 19.3 Å². The average molecular weight is 458 g/mol. The molecular formula is C25H23FN6O2. The Hall–Kier alpha value is -3.98. The van der Waals surface area contributed by atoms with Gasteiger partial charge in [-0.2, -0.15) is 0 Å². The molecule has 4 heterocycles. The molecule has 0 aliphatic carbocycles. The molecule has 9 heteroatoms. The van der Waals surface area contributed by atoms with Crippen molar-refractivity contribution in [3.8, 4) is 28.3 Å². The number of piperazine rings is 1. The van der Waals surface area contributed by atoms with Gasteiger partial charge in [0.05, 0.1) is 23.9 Å². The largest absolute Gasteiger partial charge is 0.479 e. The number of carbonyl (C=O) groups excluding carboxylic acids is 1. The van der Waals surface area contributed by atoms with Crippen molar-refractivity contribution in [1.29, 1.82) is 0 Å². The molecule has 4 aromatic rings. The molecule has 1 aliphatic rings. The van der Waals surface area contributed by atoms with Gasteiger partial charge in [0.15, 0.2) is 5.82 Å². The maximum Gasteiger partial charge on any atom is 0.255 e. The maximum absolute atomic E-state index is 14.2. The van der Waals surface area contributed by atoms with E-state index in [-0.39, 0.29) is 11.8 Å². The van der Waals surface area contributed by atoms with Crippen molar-refractivity contribution in [2.45, 2.75) is 0 Å². The third-order valence-electron chi connectivity index (χ3n) is 6.02. The molecule has 1 aliphatic heterocycles. The zero-order valence-electron chi connectivity index (χ0n) is 18.9. The van der Waals surface area contributed by atoms with Crippen molar-refractivity contribution >= 4 is 16.8 Å². The monoisotopic (exact) mass is 458 g/mol. The smallest absolute Gasteiger partial charge is 0.255 e. The van der Waals surface area contributed by atoms with Gasteiger partial charge >= 0.3 is 0 Å². The van der Waals surface area contributed by atoms with Crippen LogP contribution in [-0.2, 0) is 0 Å². The van der Waals surface area contributed by atoms with Crippen molar-refractivity contribution in [2.24, 2.45) is 0 Å². The number of hydrogen-bond acceptors (Lipinski definition) is 7. The van der Waals surface area contributed by atoms with E-state index in [0.717, 1.165) is 29.6 Å². The number of amides is 1. The van der Waals surface area contributed by atoms with Gasteiger partial charge in [-0.15, -0.1) is 0 Å². The molecule has 0 radical (unpaired) electrons. The first-order chi connectivity index (χ1) is 16.5. The van der Waals surface area contributed by atoms with E-state index >= 15 is 0 Å². The lowest BCUT2D eigenvalue weighted by Gasteiger charge is -2.32. The van der Waals surface area contributed by atoms with Crippen LogP contribution in [0, 0.1) is 5.82 Å². The van der Waals surface area contributed by atoms with Crippen molar-refractivity contribution in [3.63, 3.8) is 0 Å². The van der Waals surface area contributed by atoms with Gasteiger partial charge in [-0.1, -0.05) is 6.07 Å². The summed E-state index contributed by atoms with van der Waals surface area (Å²) in [6, 6.07) is 8.80. The molecular weight excluding hydrogens is 435 g/mol. The first-order valence-electron chi connectivity index (χ1n) is 10.9. The van der Waals surface area contributed by atoms with Gasteiger partial charge in [0.25, 0.3) is 5.91 Å². The fraction of sp³-hybridized carbons (Fsp3) is 0.240. The summed E-state index contributed by atoms with van der Waals surface area (Å²) in [5.74, 6) is -0.633. The Kier molecular flexibility index (Phi) is 5.85. The van der Waals surface area contributed by atoms with E-state index in [0.29, 0.717) is 35.5 Å². The molecule has 0 spiro atoms. The zero-order chi connectivity index (χ0) is 23.7. The molecule has 8 nitrogen and oxygen atoms in total. The van der Waals surface area contributed by atoms with Crippen molar-refractivity contribution in [3.05, 3.63) is 66.6 Å². The van der Waals surface area contributed by atoms with Gasteiger partial charge in [-0.05, 0) is 36.9 Å². The van der Waals surface area contributed by atoms with Crippen LogP contribution in [0.5, 0.6) is 5.88 Å². The number of halogens is 1. The normalized spacial score (nSPS) is 14.4. The number of ether oxygens (including phenoxy) is 1. The van der Waals surface area contributed by atoms with Gasteiger partial charge in [-0.3, -0.25) is 9.78 Å². The van der Waals surface area contributed by atoms with Crippen LogP contribution in [0.15, 0.2) is 55.2 Å². The van der Waals surface area contributed by atoms with E-state index in [1.54, 1.807) is 18.6 Å². The number of rotatable bonds is 4. The highest BCUT2D eigenvalue weighted by atomic mass is 19.1. The van der Waals surface area contributed by atoms with Gasteiger partial charge in [0.2, 0.25) is 5.88 Å². The van der Waals surface area contributed by atoms with Gasteiger partial charge in [0.1, 0.15) is 6.33 Å². The minimum atomic E-state index is -0.538. The van der Waals surface area contributed by atoms with Crippen LogP contribution in [0.2, 0.25) is 0 Å². The van der Waals surface area contributed by atoms with Gasteiger partial charge in [0, 0.05) is 61.3 Å². The minimum absolute atomic E-state index is 0.0405. The Balaban J connectivity index is 1.53. The highest BCUT2D eigenvalue weighted by molar-refractivity contribution is 5.98. The van der Waals surface area contributed by atoms with Crippen molar-refractivity contribution in [2.75, 3.05) is 40.3 Å². The summed E-state index contributed by atoms with van der Waals surface area (Å²) in [7, 11) is 3.43. The summed E-state index contributed by atoms with van der Waals surface area (Å²) in [4.78, 5) is 34.3. The summed E-state index contributed by atoms with van der Waals surface area (Å²) in [5.41, 5.74) is 3.97. The van der Waals surface area contributed by atoms with Crippen molar-refractivity contribution in [1.82, 2.24) is 29.7 Å². The molecule has 5 rings (SSSR count). The molecule has 0 unspecified atom stereocenters. The molecule has 1 aromatic carbocycles. The Morgan fingerprint density at radius 3 is 2.53 bits per heavy atom. The van der Waals surface area contributed by atoms with Crippen LogP contribution >= 0.6 is 0 Å². The average Bonchev–Trinajstić information content (AvgIpc) is 2.88. The highest BCUT2D eigenvalue weighted by Crippen LogP contribution is 2.31. The Morgan fingerprint density at radius 1 is 0.941 bits per heavy atom. The number of aromatic nitrogens is 4. The lowest BCUT2D eigenvalue weighted by Crippen LogP contribution is -2.47. The molecule has 1 saturated heterocycles. The Morgan fingerprint density at radius 2 is 1.76 bits per heavy atom. The lowest BCUT2D eigenvalue weighted by atomic mass is 10.0. The van der Waals surface area contributed by atoms with E-state index in [4.69, 9.17) is 4.74 Å². The number of methoxy groups -OCH3 is 1. The van der Waals surface area contributed by atoms with E-state index in [1.807, 2.05) is 29.2 Å². The third kappa shape index (κ3) is 4.17. The zero-order valence-corrected chi connectivity index (χ0v) is 18.9. The summed E-state index contributed by atoms with van der Waals surface area (Å²) in [6.07, 6.45) is 6.32. The molecule has 0 N–H and O–H groups in total. The lowest BCUT2D eigenvalue weighted by molar-refractivity contribution is 0.0663. The predicted molar refractivity (Wildman–Crippen MR) is 126 cm³/mol. The number of benzene rings is 1. The minimum Gasteiger partial charge on any atom is -0.479 e.